The van der Waals surface area contributed by atoms with Gasteiger partial charge in [-0.3, -0.25) is 19.3 Å². The molecule has 5 rings (SSSR count). The highest BCUT2D eigenvalue weighted by Gasteiger charge is 2.55. The van der Waals surface area contributed by atoms with Crippen LogP contribution in [0.25, 0.3) is 11.0 Å². The van der Waals surface area contributed by atoms with Gasteiger partial charge in [0, 0.05) is 29.7 Å². The minimum absolute atomic E-state index is 0.0163. The number of hydrogen-bond donors (Lipinski definition) is 4. The van der Waals surface area contributed by atoms with Crippen LogP contribution in [0.15, 0.2) is 47.0 Å². The van der Waals surface area contributed by atoms with Crippen molar-refractivity contribution in [2.75, 3.05) is 11.5 Å². The summed E-state index contributed by atoms with van der Waals surface area (Å²) in [5, 5.41) is 15.8. The van der Waals surface area contributed by atoms with E-state index in [1.165, 1.54) is 18.7 Å². The standard InChI is InChI=1S/C25H24BClN8O8S2/c1-10(24(41)42-26)43-32-16(15-19(27)45-25(29)31-15)20(37)30-17-21(38)35-18(23(39)40)11(9-44-22(17)35)7-33-5-2-3-12-13(33)4-6-34(12)8-14(28)36/h2-6,10,17,22H,7-9,26H2,1H3,(H5-,28,29,30,31,36,37,39,40)/p+1/b32-16-/t10-,17?,22?/m0/s1. The number of nitrogens with one attached hydrogen (secondary N) is 1. The van der Waals surface area contributed by atoms with E-state index in [0.717, 1.165) is 35.3 Å². The summed E-state index contributed by atoms with van der Waals surface area (Å²) in [7, 11) is 1.15. The maximum atomic E-state index is 13.4. The molecule has 2 unspecified atom stereocenters. The Morgan fingerprint density at radius 1 is 1.36 bits per heavy atom. The number of nitrogen functional groups attached to an aromatic ring is 1. The molecule has 3 aromatic heterocycles. The third-order valence-electron chi connectivity index (χ3n) is 6.91. The summed E-state index contributed by atoms with van der Waals surface area (Å²) in [6.07, 6.45) is 2.29. The summed E-state index contributed by atoms with van der Waals surface area (Å²) in [6, 6.07) is 4.24. The van der Waals surface area contributed by atoms with Gasteiger partial charge in [0.1, 0.15) is 39.2 Å². The summed E-state index contributed by atoms with van der Waals surface area (Å²) in [5.74, 6) is -3.89. The maximum absolute atomic E-state index is 13.4. The molecular formula is C25H25BClN8O8S2+. The Hall–Kier alpha value is -4.62. The first-order valence-corrected chi connectivity index (χ1v) is 15.4. The fourth-order valence-electron chi connectivity index (χ4n) is 4.88. The number of carbonyl (C=O) groups is 5. The number of halogens is 1. The molecule has 0 radical (unpaired) electrons. The van der Waals surface area contributed by atoms with Crippen LogP contribution in [0.5, 0.6) is 0 Å². The zero-order valence-corrected chi connectivity index (χ0v) is 26.0. The molecular weight excluding hydrogens is 651 g/mol. The number of β-lactam (4-membered cyclic amide) rings is 1. The Morgan fingerprint density at radius 3 is 2.76 bits per heavy atom. The summed E-state index contributed by atoms with van der Waals surface area (Å²) in [4.78, 5) is 72.7. The van der Waals surface area contributed by atoms with Crippen molar-refractivity contribution >= 4 is 94.3 Å². The molecule has 0 saturated carbocycles. The Labute approximate surface area is 268 Å². The van der Waals surface area contributed by atoms with Gasteiger partial charge in [0.2, 0.25) is 17.5 Å². The van der Waals surface area contributed by atoms with Gasteiger partial charge in [-0.2, -0.15) is 4.57 Å². The second-order valence-corrected chi connectivity index (χ2v) is 12.6. The molecule has 234 valence electrons. The van der Waals surface area contributed by atoms with Crippen LogP contribution in [0, 0.1) is 0 Å². The molecule has 2 aliphatic rings. The lowest BCUT2D eigenvalue weighted by molar-refractivity contribution is -0.663. The number of thioether (sulfide) groups is 1. The zero-order valence-electron chi connectivity index (χ0n) is 23.6. The van der Waals surface area contributed by atoms with Crippen LogP contribution in [0.1, 0.15) is 12.6 Å². The monoisotopic (exact) mass is 675 g/mol. The van der Waals surface area contributed by atoms with Gasteiger partial charge in [0.25, 0.3) is 11.8 Å². The third-order valence-corrected chi connectivity index (χ3v) is 9.34. The van der Waals surface area contributed by atoms with Crippen LogP contribution in [0.4, 0.5) is 5.13 Å². The molecule has 3 aromatic rings. The van der Waals surface area contributed by atoms with Crippen LogP contribution in [-0.2, 0) is 46.6 Å². The van der Waals surface area contributed by atoms with Crippen molar-refractivity contribution in [3.63, 3.8) is 0 Å². The Morgan fingerprint density at radius 2 is 2.11 bits per heavy atom. The molecule has 0 bridgehead atoms. The Kier molecular flexibility index (Phi) is 9.03. The smallest absolute Gasteiger partial charge is 0.352 e. The van der Waals surface area contributed by atoms with E-state index < -0.39 is 52.9 Å². The molecule has 1 fully saturated rings. The molecule has 6 N–H and O–H groups in total. The first-order chi connectivity index (χ1) is 21.4. The number of aromatic nitrogens is 3. The Bertz CT molecular complexity index is 1810. The largest absolute Gasteiger partial charge is 0.541 e. The van der Waals surface area contributed by atoms with Gasteiger partial charge in [-0.15, -0.1) is 11.8 Å². The molecule has 0 aromatic carbocycles. The molecule has 0 aliphatic carbocycles. The van der Waals surface area contributed by atoms with Crippen molar-refractivity contribution in [1.82, 2.24) is 19.8 Å². The van der Waals surface area contributed by atoms with Gasteiger partial charge in [-0.05, 0) is 13.0 Å². The van der Waals surface area contributed by atoms with E-state index in [1.807, 2.05) is 10.6 Å². The van der Waals surface area contributed by atoms with Gasteiger partial charge in [-0.25, -0.2) is 14.6 Å². The lowest BCUT2D eigenvalue weighted by Gasteiger charge is -2.49. The molecule has 16 nitrogen and oxygen atoms in total. The summed E-state index contributed by atoms with van der Waals surface area (Å²) < 4.78 is 8.11. The van der Waals surface area contributed by atoms with E-state index in [-0.39, 0.29) is 39.7 Å². The summed E-state index contributed by atoms with van der Waals surface area (Å²) in [6.45, 7) is 1.48. The second kappa shape index (κ2) is 12.8. The van der Waals surface area contributed by atoms with Crippen molar-refractivity contribution in [3.8, 4) is 0 Å². The van der Waals surface area contributed by atoms with Gasteiger partial charge >= 0.3 is 20.0 Å². The van der Waals surface area contributed by atoms with Gasteiger partial charge in [-0.1, -0.05) is 28.1 Å². The first kappa shape index (κ1) is 31.8. The molecule has 0 spiro atoms. The number of anilines is 1. The van der Waals surface area contributed by atoms with Gasteiger partial charge in [0.15, 0.2) is 23.6 Å². The highest BCUT2D eigenvalue weighted by molar-refractivity contribution is 8.00. The number of hydrogen-bond acceptors (Lipinski definition) is 12. The number of fused-ring (bicyclic) bond motifs is 2. The van der Waals surface area contributed by atoms with E-state index in [4.69, 9.17) is 27.9 Å². The van der Waals surface area contributed by atoms with Crippen molar-refractivity contribution in [1.29, 1.82) is 0 Å². The summed E-state index contributed by atoms with van der Waals surface area (Å²) >= 11 is 8.35. The van der Waals surface area contributed by atoms with E-state index in [0.29, 0.717) is 5.57 Å². The fraction of sp³-hybridized carbons (Fsp3) is 0.280. The number of carbonyl (C=O) groups excluding carboxylic acids is 4. The van der Waals surface area contributed by atoms with Crippen LogP contribution < -0.4 is 21.4 Å². The Balaban J connectivity index is 1.38. The lowest BCUT2D eigenvalue weighted by Crippen LogP contribution is -2.71. The molecule has 5 heterocycles. The van der Waals surface area contributed by atoms with Crippen molar-refractivity contribution < 1.29 is 43.1 Å². The number of pyridine rings is 1. The molecule has 3 amide bonds. The molecule has 3 atom stereocenters. The number of oxime groups is 1. The third kappa shape index (κ3) is 6.18. The van der Waals surface area contributed by atoms with E-state index in [2.05, 4.69) is 20.1 Å². The molecule has 1 saturated heterocycles. The average Bonchev–Trinajstić information content (AvgIpc) is 3.56. The maximum Gasteiger partial charge on any atom is 0.352 e. The van der Waals surface area contributed by atoms with Crippen molar-refractivity contribution in [3.05, 3.63) is 51.9 Å². The van der Waals surface area contributed by atoms with E-state index >= 15 is 0 Å². The molecule has 2 aliphatic heterocycles. The van der Waals surface area contributed by atoms with Crippen LogP contribution in [0.2, 0.25) is 4.34 Å². The quantitative estimate of drug-likeness (QED) is 0.0617. The van der Waals surface area contributed by atoms with Crippen LogP contribution in [0.3, 0.4) is 0 Å². The number of carboxylic acid groups (broad SMARTS) is 1. The zero-order chi connectivity index (χ0) is 32.6. The van der Waals surface area contributed by atoms with Crippen LogP contribution >= 0.6 is 34.7 Å². The predicted molar refractivity (Wildman–Crippen MR) is 164 cm³/mol. The SMILES string of the molecule is BOC(=O)[C@H](C)O/N=C(\C(=O)NC1C(=O)N2C(C(=O)O)=C(C[n+]3cccc4c3ccn4CC(N)=O)CSC12)c1nc(N)sc1Cl. The minimum Gasteiger partial charge on any atom is -0.541 e. The second-order valence-electron chi connectivity index (χ2n) is 9.82. The molecule has 45 heavy (non-hydrogen) atoms. The minimum atomic E-state index is -1.30. The van der Waals surface area contributed by atoms with Crippen LogP contribution in [-0.4, -0.2) is 86.3 Å². The lowest BCUT2D eigenvalue weighted by atomic mass is 10.0. The highest BCUT2D eigenvalue weighted by atomic mass is 35.5. The summed E-state index contributed by atoms with van der Waals surface area (Å²) in [5.41, 5.74) is 12.3. The number of nitrogens with zero attached hydrogens (tertiary/aromatic N) is 5. The van der Waals surface area contributed by atoms with Gasteiger partial charge < -0.3 is 35.9 Å². The average molecular weight is 676 g/mol. The number of carboxylic acids is 1. The normalized spacial score (nSPS) is 18.7. The number of primary amides is 1. The van der Waals surface area contributed by atoms with Gasteiger partial charge in [0.05, 0.1) is 0 Å². The number of amides is 3. The number of nitrogens with two attached hydrogens (primary N) is 2. The molecule has 20 heteroatoms. The predicted octanol–water partition coefficient (Wildman–Crippen LogP) is -1.25. The first-order valence-electron chi connectivity index (χ1n) is 13.1. The van der Waals surface area contributed by atoms with Crippen molar-refractivity contribution in [2.45, 2.75) is 37.5 Å². The van der Waals surface area contributed by atoms with Crippen molar-refractivity contribution in [2.24, 2.45) is 10.9 Å². The topological polar surface area (TPSA) is 225 Å². The highest BCUT2D eigenvalue weighted by Crippen LogP contribution is 2.40. The fourth-order valence-corrected chi connectivity index (χ4v) is 7.14. The number of rotatable bonds is 11. The van der Waals surface area contributed by atoms with E-state index in [1.54, 1.807) is 29.1 Å². The number of aliphatic carboxylic acids is 1. The van der Waals surface area contributed by atoms with E-state index in [9.17, 15) is 29.1 Å². The number of thiazole rings is 1.